The van der Waals surface area contributed by atoms with Crippen LogP contribution in [0.4, 0.5) is 0 Å². The second kappa shape index (κ2) is 7.59. The second-order valence-electron chi connectivity index (χ2n) is 7.94. The minimum absolute atomic E-state index is 0.101. The molecule has 1 saturated carbocycles. The Labute approximate surface area is 151 Å². The van der Waals surface area contributed by atoms with E-state index >= 15 is 0 Å². The van der Waals surface area contributed by atoms with Gasteiger partial charge in [-0.1, -0.05) is 49.6 Å². The Hall–Kier alpha value is -1.84. The number of likely N-dealkylation sites (tertiary alicyclic amines) is 1. The van der Waals surface area contributed by atoms with Gasteiger partial charge in [0.1, 0.15) is 0 Å². The lowest BCUT2D eigenvalue weighted by atomic mass is 9.84. The lowest BCUT2D eigenvalue weighted by molar-refractivity contribution is -0.138. The van der Waals surface area contributed by atoms with Crippen LogP contribution in [-0.4, -0.2) is 41.2 Å². The van der Waals surface area contributed by atoms with Crippen LogP contribution in [-0.2, 0) is 16.1 Å². The van der Waals surface area contributed by atoms with Gasteiger partial charge in [0.25, 0.3) is 0 Å². The Bertz CT molecular complexity index is 625. The molecule has 2 fully saturated rings. The summed E-state index contributed by atoms with van der Waals surface area (Å²) in [6.07, 6.45) is 5.13. The van der Waals surface area contributed by atoms with E-state index in [1.54, 1.807) is 0 Å². The SMILES string of the molecule is Cc1ccc(CN2CC(C(=O)N(C)C3CCCCC3C)CC2=O)cc1. The molecule has 25 heavy (non-hydrogen) atoms. The van der Waals surface area contributed by atoms with Gasteiger partial charge in [0.2, 0.25) is 11.8 Å². The van der Waals surface area contributed by atoms with Crippen LogP contribution in [0.3, 0.4) is 0 Å². The van der Waals surface area contributed by atoms with E-state index < -0.39 is 0 Å². The molecule has 1 aliphatic heterocycles. The van der Waals surface area contributed by atoms with Crippen LogP contribution in [0.5, 0.6) is 0 Å². The van der Waals surface area contributed by atoms with Crippen LogP contribution in [0.2, 0.25) is 0 Å². The smallest absolute Gasteiger partial charge is 0.227 e. The van der Waals surface area contributed by atoms with Gasteiger partial charge in [0.15, 0.2) is 0 Å². The summed E-state index contributed by atoms with van der Waals surface area (Å²) in [4.78, 5) is 29.1. The Kier molecular flexibility index (Phi) is 5.45. The van der Waals surface area contributed by atoms with E-state index in [1.165, 1.54) is 24.8 Å². The predicted octanol–water partition coefficient (Wildman–Crippen LogP) is 3.38. The summed E-state index contributed by atoms with van der Waals surface area (Å²) in [7, 11) is 1.93. The van der Waals surface area contributed by atoms with E-state index in [1.807, 2.05) is 16.8 Å². The first kappa shape index (κ1) is 18.0. The Balaban J connectivity index is 1.61. The molecule has 0 radical (unpaired) electrons. The van der Waals surface area contributed by atoms with Crippen molar-refractivity contribution in [2.45, 2.75) is 58.5 Å². The summed E-state index contributed by atoms with van der Waals surface area (Å²) in [5.74, 6) is 0.628. The molecular weight excluding hydrogens is 312 g/mol. The Morgan fingerprint density at radius 3 is 2.56 bits per heavy atom. The summed E-state index contributed by atoms with van der Waals surface area (Å²) in [5.41, 5.74) is 2.34. The molecule has 4 nitrogen and oxygen atoms in total. The first-order valence-corrected chi connectivity index (χ1v) is 9.55. The van der Waals surface area contributed by atoms with E-state index in [2.05, 4.69) is 38.1 Å². The lowest BCUT2D eigenvalue weighted by Crippen LogP contribution is -2.45. The highest BCUT2D eigenvalue weighted by Gasteiger charge is 2.38. The van der Waals surface area contributed by atoms with Gasteiger partial charge in [-0.05, 0) is 31.2 Å². The summed E-state index contributed by atoms with van der Waals surface area (Å²) in [5, 5.41) is 0. The standard InChI is InChI=1S/C21H30N2O2/c1-15-8-10-17(11-9-15)13-23-14-18(12-20(23)24)21(25)22(3)19-7-5-4-6-16(19)2/h8-11,16,18-19H,4-7,12-14H2,1-3H3. The number of hydrogen-bond donors (Lipinski definition) is 0. The van der Waals surface area contributed by atoms with Gasteiger partial charge in [0, 0.05) is 32.6 Å². The number of amides is 2. The van der Waals surface area contributed by atoms with E-state index in [-0.39, 0.29) is 17.7 Å². The number of hydrogen-bond acceptors (Lipinski definition) is 2. The van der Waals surface area contributed by atoms with Crippen molar-refractivity contribution in [2.24, 2.45) is 11.8 Å². The quantitative estimate of drug-likeness (QED) is 0.842. The molecule has 136 valence electrons. The van der Waals surface area contributed by atoms with Gasteiger partial charge in [-0.2, -0.15) is 0 Å². The summed E-state index contributed by atoms with van der Waals surface area (Å²) < 4.78 is 0. The number of carbonyl (C=O) groups is 2. The molecule has 1 saturated heterocycles. The molecular formula is C21H30N2O2. The third kappa shape index (κ3) is 4.05. The molecule has 0 bridgehead atoms. The van der Waals surface area contributed by atoms with Crippen LogP contribution < -0.4 is 0 Å². The second-order valence-corrected chi connectivity index (χ2v) is 7.94. The van der Waals surface area contributed by atoms with Crippen LogP contribution in [0.25, 0.3) is 0 Å². The molecule has 1 aromatic carbocycles. The number of nitrogens with zero attached hydrogens (tertiary/aromatic N) is 2. The van der Waals surface area contributed by atoms with Gasteiger partial charge in [-0.3, -0.25) is 9.59 Å². The molecule has 1 heterocycles. The maximum Gasteiger partial charge on any atom is 0.227 e. The zero-order valence-corrected chi connectivity index (χ0v) is 15.7. The maximum atomic E-state index is 12.9. The van der Waals surface area contributed by atoms with Gasteiger partial charge >= 0.3 is 0 Å². The molecule has 0 spiro atoms. The maximum absolute atomic E-state index is 12.9. The molecule has 0 aromatic heterocycles. The van der Waals surface area contributed by atoms with Crippen LogP contribution in [0.15, 0.2) is 24.3 Å². The number of benzene rings is 1. The molecule has 2 aliphatic rings. The summed E-state index contributed by atoms with van der Waals surface area (Å²) in [6, 6.07) is 8.59. The van der Waals surface area contributed by atoms with Crippen LogP contribution >= 0.6 is 0 Å². The molecule has 1 aliphatic carbocycles. The minimum atomic E-state index is -0.183. The van der Waals surface area contributed by atoms with Crippen molar-refractivity contribution in [3.05, 3.63) is 35.4 Å². The zero-order valence-electron chi connectivity index (χ0n) is 15.7. The molecule has 4 heteroatoms. The fraction of sp³-hybridized carbons (Fsp3) is 0.619. The number of aryl methyl sites for hydroxylation is 1. The average molecular weight is 342 g/mol. The molecule has 1 aromatic rings. The van der Waals surface area contributed by atoms with Crippen molar-refractivity contribution in [3.63, 3.8) is 0 Å². The van der Waals surface area contributed by atoms with E-state index in [9.17, 15) is 9.59 Å². The van der Waals surface area contributed by atoms with E-state index in [0.717, 1.165) is 12.0 Å². The largest absolute Gasteiger partial charge is 0.342 e. The fourth-order valence-corrected chi connectivity index (χ4v) is 4.33. The van der Waals surface area contributed by atoms with Crippen LogP contribution in [0, 0.1) is 18.8 Å². The molecule has 2 amide bonds. The lowest BCUT2D eigenvalue weighted by Gasteiger charge is -2.37. The van der Waals surface area contributed by atoms with Gasteiger partial charge in [-0.25, -0.2) is 0 Å². The number of carbonyl (C=O) groups excluding carboxylic acids is 2. The Morgan fingerprint density at radius 2 is 1.88 bits per heavy atom. The average Bonchev–Trinajstić information content (AvgIpc) is 2.97. The van der Waals surface area contributed by atoms with Crippen molar-refractivity contribution in [2.75, 3.05) is 13.6 Å². The van der Waals surface area contributed by atoms with Crippen molar-refractivity contribution < 1.29 is 9.59 Å². The highest BCUT2D eigenvalue weighted by Crippen LogP contribution is 2.30. The summed E-state index contributed by atoms with van der Waals surface area (Å²) >= 11 is 0. The van der Waals surface area contributed by atoms with Gasteiger partial charge < -0.3 is 9.80 Å². The van der Waals surface area contributed by atoms with Crippen molar-refractivity contribution in [1.82, 2.24) is 9.80 Å². The van der Waals surface area contributed by atoms with Crippen molar-refractivity contribution in [1.29, 1.82) is 0 Å². The first-order valence-electron chi connectivity index (χ1n) is 9.55. The number of rotatable bonds is 4. The van der Waals surface area contributed by atoms with Crippen LogP contribution in [0.1, 0.15) is 50.2 Å². The summed E-state index contributed by atoms with van der Waals surface area (Å²) in [6.45, 7) is 5.46. The zero-order chi connectivity index (χ0) is 18.0. The predicted molar refractivity (Wildman–Crippen MR) is 98.9 cm³/mol. The topological polar surface area (TPSA) is 40.6 Å². The fourth-order valence-electron chi connectivity index (χ4n) is 4.33. The van der Waals surface area contributed by atoms with E-state index in [4.69, 9.17) is 0 Å². The monoisotopic (exact) mass is 342 g/mol. The molecule has 3 rings (SSSR count). The third-order valence-corrected chi connectivity index (χ3v) is 5.97. The molecule has 0 N–H and O–H groups in total. The van der Waals surface area contributed by atoms with Crippen molar-refractivity contribution in [3.8, 4) is 0 Å². The Morgan fingerprint density at radius 1 is 1.20 bits per heavy atom. The van der Waals surface area contributed by atoms with E-state index in [0.29, 0.717) is 31.5 Å². The highest BCUT2D eigenvalue weighted by atomic mass is 16.2. The van der Waals surface area contributed by atoms with Crippen molar-refractivity contribution >= 4 is 11.8 Å². The minimum Gasteiger partial charge on any atom is -0.342 e. The third-order valence-electron chi connectivity index (χ3n) is 5.97. The van der Waals surface area contributed by atoms with Gasteiger partial charge in [0.05, 0.1) is 5.92 Å². The van der Waals surface area contributed by atoms with Gasteiger partial charge in [-0.15, -0.1) is 0 Å². The molecule has 3 unspecified atom stereocenters. The highest BCUT2D eigenvalue weighted by molar-refractivity contribution is 5.89. The molecule has 3 atom stereocenters. The first-order chi connectivity index (χ1) is 12.0. The normalized spacial score (nSPS) is 26.8.